The molecule has 100 valence electrons. The van der Waals surface area contributed by atoms with Crippen molar-refractivity contribution in [3.63, 3.8) is 0 Å². The monoisotopic (exact) mass is 415 g/mol. The molecule has 0 unspecified atom stereocenters. The summed E-state index contributed by atoms with van der Waals surface area (Å²) in [4.78, 5) is 13.3. The fraction of sp³-hybridized carbons (Fsp3) is 0. The van der Waals surface area contributed by atoms with E-state index < -0.39 is 0 Å². The average molecular weight is 416 g/mol. The lowest BCUT2D eigenvalue weighted by molar-refractivity contribution is 0.853. The summed E-state index contributed by atoms with van der Waals surface area (Å²) < 4.78 is 2.65. The Bertz CT molecular complexity index is 716. The van der Waals surface area contributed by atoms with Crippen LogP contribution in [0.5, 0.6) is 0 Å². The second-order valence-corrected chi connectivity index (χ2v) is 6.26. The predicted molar refractivity (Wildman–Crippen MR) is 85.2 cm³/mol. The summed E-state index contributed by atoms with van der Waals surface area (Å²) >= 11 is 9.56. The fourth-order valence-corrected chi connectivity index (χ4v) is 3.04. The summed E-state index contributed by atoms with van der Waals surface area (Å²) in [5, 5.41) is 5.94. The standard InChI is InChI=1S/C12H7ClIN5S/c13-8-1-2-11(17-3-8)20-10-6-19(18-12(10)14)9-4-15-7-16-5-9/h1-7H. The summed E-state index contributed by atoms with van der Waals surface area (Å²) in [6.07, 6.45) is 8.48. The highest BCUT2D eigenvalue weighted by Gasteiger charge is 2.10. The van der Waals surface area contributed by atoms with E-state index in [9.17, 15) is 0 Å². The lowest BCUT2D eigenvalue weighted by atomic mass is 10.5. The maximum atomic E-state index is 5.83. The van der Waals surface area contributed by atoms with Crippen LogP contribution in [0.4, 0.5) is 0 Å². The van der Waals surface area contributed by atoms with E-state index in [4.69, 9.17) is 11.6 Å². The van der Waals surface area contributed by atoms with Crippen LogP contribution in [0, 0.1) is 3.70 Å². The van der Waals surface area contributed by atoms with Crippen LogP contribution >= 0.6 is 46.0 Å². The van der Waals surface area contributed by atoms with Crippen molar-refractivity contribution in [2.24, 2.45) is 0 Å². The minimum absolute atomic E-state index is 0.626. The van der Waals surface area contributed by atoms with Crippen molar-refractivity contribution in [2.45, 2.75) is 9.92 Å². The van der Waals surface area contributed by atoms with Crippen molar-refractivity contribution in [2.75, 3.05) is 0 Å². The largest absolute Gasteiger partial charge is 0.248 e. The van der Waals surface area contributed by atoms with Crippen LogP contribution in [-0.2, 0) is 0 Å². The molecule has 3 heterocycles. The zero-order valence-electron chi connectivity index (χ0n) is 9.94. The molecule has 0 fully saturated rings. The normalized spacial score (nSPS) is 10.7. The highest BCUT2D eigenvalue weighted by atomic mass is 127. The first-order valence-corrected chi connectivity index (χ1v) is 7.79. The number of aromatic nitrogens is 5. The number of halogens is 2. The molecule has 0 amide bonds. The second-order valence-electron chi connectivity index (χ2n) is 3.74. The molecule has 0 N–H and O–H groups in total. The third-order valence-electron chi connectivity index (χ3n) is 2.36. The molecule has 3 rings (SSSR count). The number of nitrogens with zero attached hydrogens (tertiary/aromatic N) is 5. The van der Waals surface area contributed by atoms with Gasteiger partial charge in [0.25, 0.3) is 0 Å². The Kier molecular flexibility index (Phi) is 4.18. The highest BCUT2D eigenvalue weighted by molar-refractivity contribution is 14.1. The van der Waals surface area contributed by atoms with E-state index in [1.165, 1.54) is 18.1 Å². The van der Waals surface area contributed by atoms with Crippen LogP contribution in [0.3, 0.4) is 0 Å². The Morgan fingerprint density at radius 3 is 2.65 bits per heavy atom. The van der Waals surface area contributed by atoms with Crippen molar-refractivity contribution >= 4 is 46.0 Å². The molecule has 5 nitrogen and oxygen atoms in total. The maximum Gasteiger partial charge on any atom is 0.137 e. The Balaban J connectivity index is 1.88. The van der Waals surface area contributed by atoms with Crippen molar-refractivity contribution in [3.8, 4) is 5.69 Å². The van der Waals surface area contributed by atoms with E-state index >= 15 is 0 Å². The van der Waals surface area contributed by atoms with Gasteiger partial charge in [-0.2, -0.15) is 5.10 Å². The SMILES string of the molecule is Clc1ccc(Sc2cn(-c3cncnc3)nc2I)nc1. The van der Waals surface area contributed by atoms with E-state index in [-0.39, 0.29) is 0 Å². The van der Waals surface area contributed by atoms with E-state index in [2.05, 4.69) is 42.6 Å². The van der Waals surface area contributed by atoms with Gasteiger partial charge in [0.1, 0.15) is 20.7 Å². The Morgan fingerprint density at radius 1 is 1.15 bits per heavy atom. The van der Waals surface area contributed by atoms with Gasteiger partial charge in [0.15, 0.2) is 0 Å². The van der Waals surface area contributed by atoms with Gasteiger partial charge in [0.2, 0.25) is 0 Å². The molecule has 3 aromatic rings. The molecule has 0 saturated heterocycles. The van der Waals surface area contributed by atoms with Crippen molar-refractivity contribution in [1.82, 2.24) is 24.7 Å². The number of hydrogen-bond donors (Lipinski definition) is 0. The molecule has 0 aliphatic heterocycles. The third-order valence-corrected chi connectivity index (χ3v) is 4.72. The summed E-state index contributed by atoms with van der Waals surface area (Å²) in [7, 11) is 0. The van der Waals surface area contributed by atoms with Crippen LogP contribution < -0.4 is 0 Å². The molecule has 0 bridgehead atoms. The van der Waals surface area contributed by atoms with Crippen LogP contribution in [0.1, 0.15) is 0 Å². The number of pyridine rings is 1. The van der Waals surface area contributed by atoms with E-state index in [1.54, 1.807) is 23.3 Å². The summed E-state index contributed by atoms with van der Waals surface area (Å²) in [6, 6.07) is 3.70. The Labute approximate surface area is 137 Å². The molecule has 0 aromatic carbocycles. The van der Waals surface area contributed by atoms with Gasteiger partial charge in [-0.3, -0.25) is 0 Å². The topological polar surface area (TPSA) is 56.5 Å². The molecule has 0 saturated carbocycles. The lowest BCUT2D eigenvalue weighted by Crippen LogP contribution is -1.95. The van der Waals surface area contributed by atoms with Gasteiger partial charge in [-0.25, -0.2) is 19.6 Å². The number of hydrogen-bond acceptors (Lipinski definition) is 5. The van der Waals surface area contributed by atoms with Crippen molar-refractivity contribution < 1.29 is 0 Å². The van der Waals surface area contributed by atoms with Gasteiger partial charge in [-0.05, 0) is 34.7 Å². The van der Waals surface area contributed by atoms with Crippen LogP contribution in [-0.4, -0.2) is 24.7 Å². The predicted octanol–water partition coefficient (Wildman–Crippen LogP) is 3.47. The molecule has 8 heteroatoms. The zero-order valence-corrected chi connectivity index (χ0v) is 13.7. The lowest BCUT2D eigenvalue weighted by Gasteiger charge is -1.98. The summed E-state index contributed by atoms with van der Waals surface area (Å²) in [5.41, 5.74) is 0.821. The average Bonchev–Trinajstić information content (AvgIpc) is 2.84. The Morgan fingerprint density at radius 2 is 1.95 bits per heavy atom. The zero-order chi connectivity index (χ0) is 13.9. The second kappa shape index (κ2) is 6.06. The first-order valence-electron chi connectivity index (χ1n) is 5.52. The molecular formula is C12H7ClIN5S. The number of rotatable bonds is 3. The first-order chi connectivity index (χ1) is 9.72. The quantitative estimate of drug-likeness (QED) is 0.613. The minimum atomic E-state index is 0.626. The molecule has 0 spiro atoms. The van der Waals surface area contributed by atoms with Gasteiger partial charge in [-0.15, -0.1) is 0 Å². The van der Waals surface area contributed by atoms with E-state index in [1.807, 2.05) is 18.3 Å². The molecule has 0 aliphatic rings. The maximum absolute atomic E-state index is 5.83. The molecule has 0 atom stereocenters. The fourth-order valence-electron chi connectivity index (χ4n) is 1.48. The third kappa shape index (κ3) is 3.10. The molecule has 0 radical (unpaired) electrons. The van der Waals surface area contributed by atoms with E-state index in [0.717, 1.165) is 19.3 Å². The minimum Gasteiger partial charge on any atom is -0.248 e. The van der Waals surface area contributed by atoms with Gasteiger partial charge >= 0.3 is 0 Å². The smallest absolute Gasteiger partial charge is 0.137 e. The van der Waals surface area contributed by atoms with Crippen molar-refractivity contribution in [3.05, 3.63) is 52.0 Å². The van der Waals surface area contributed by atoms with E-state index in [0.29, 0.717) is 5.02 Å². The molecular weight excluding hydrogens is 409 g/mol. The van der Waals surface area contributed by atoms with Crippen LogP contribution in [0.15, 0.2) is 53.2 Å². The van der Waals surface area contributed by atoms with Crippen LogP contribution in [0.25, 0.3) is 5.69 Å². The summed E-state index contributed by atoms with van der Waals surface area (Å²) in [6.45, 7) is 0. The van der Waals surface area contributed by atoms with Crippen LogP contribution in [0.2, 0.25) is 5.02 Å². The first kappa shape index (κ1) is 13.8. The van der Waals surface area contributed by atoms with Gasteiger partial charge in [0, 0.05) is 12.4 Å². The van der Waals surface area contributed by atoms with Crippen molar-refractivity contribution in [1.29, 1.82) is 0 Å². The van der Waals surface area contributed by atoms with Gasteiger partial charge < -0.3 is 0 Å². The molecule has 20 heavy (non-hydrogen) atoms. The van der Waals surface area contributed by atoms with Gasteiger partial charge in [0.05, 0.1) is 22.3 Å². The Hall–Kier alpha value is -1.19. The highest BCUT2D eigenvalue weighted by Crippen LogP contribution is 2.30. The summed E-state index contributed by atoms with van der Waals surface area (Å²) in [5.74, 6) is 0. The molecule has 3 aromatic heterocycles. The van der Waals surface area contributed by atoms with Gasteiger partial charge in [-0.1, -0.05) is 23.4 Å². The molecule has 0 aliphatic carbocycles.